The average molecular weight is 266 g/mol. The zero-order chi connectivity index (χ0) is 13.5. The van der Waals surface area contributed by atoms with Gasteiger partial charge in [-0.15, -0.1) is 0 Å². The Labute approximate surface area is 112 Å². The first-order chi connectivity index (χ1) is 8.56. The van der Waals surface area contributed by atoms with Gasteiger partial charge in [0.1, 0.15) is 0 Å². The number of amides is 1. The summed E-state index contributed by atoms with van der Waals surface area (Å²) >= 11 is 5.95. The standard InChI is InChI=1S/C13H16ClN3O/c1-2-3-10(16)7-13(18)17-12-5-4-9(8-15)6-11(12)14/h4-6,10H,2-3,7,16H2,1H3,(H,17,18). The summed E-state index contributed by atoms with van der Waals surface area (Å²) in [5.41, 5.74) is 6.75. The van der Waals surface area contributed by atoms with Crippen molar-refractivity contribution < 1.29 is 4.79 Å². The minimum absolute atomic E-state index is 0.132. The van der Waals surface area contributed by atoms with Gasteiger partial charge >= 0.3 is 0 Å². The second-order valence-corrected chi connectivity index (χ2v) is 4.51. The molecule has 1 rings (SSSR count). The van der Waals surface area contributed by atoms with Crippen molar-refractivity contribution in [2.45, 2.75) is 32.2 Å². The third kappa shape index (κ3) is 4.36. The highest BCUT2D eigenvalue weighted by Gasteiger charge is 2.10. The number of halogens is 1. The van der Waals surface area contributed by atoms with Gasteiger partial charge in [-0.3, -0.25) is 4.79 Å². The molecule has 0 spiro atoms. The van der Waals surface area contributed by atoms with E-state index in [1.165, 1.54) is 6.07 Å². The Balaban J connectivity index is 2.62. The highest BCUT2D eigenvalue weighted by molar-refractivity contribution is 6.33. The molecule has 4 nitrogen and oxygen atoms in total. The quantitative estimate of drug-likeness (QED) is 0.859. The van der Waals surface area contributed by atoms with E-state index in [-0.39, 0.29) is 18.4 Å². The van der Waals surface area contributed by atoms with Crippen molar-refractivity contribution in [3.8, 4) is 6.07 Å². The van der Waals surface area contributed by atoms with Crippen LogP contribution in [0, 0.1) is 11.3 Å². The lowest BCUT2D eigenvalue weighted by Gasteiger charge is -2.11. The van der Waals surface area contributed by atoms with Crippen LogP contribution in [0.15, 0.2) is 18.2 Å². The van der Waals surface area contributed by atoms with Crippen LogP contribution in [0.2, 0.25) is 5.02 Å². The smallest absolute Gasteiger partial charge is 0.225 e. The van der Waals surface area contributed by atoms with Gasteiger partial charge in [-0.25, -0.2) is 0 Å². The molecule has 0 saturated heterocycles. The Bertz CT molecular complexity index is 468. The van der Waals surface area contributed by atoms with Gasteiger partial charge in [0.05, 0.1) is 22.3 Å². The van der Waals surface area contributed by atoms with Crippen LogP contribution < -0.4 is 11.1 Å². The molecular weight excluding hydrogens is 250 g/mol. The van der Waals surface area contributed by atoms with Crippen molar-refractivity contribution in [1.82, 2.24) is 0 Å². The molecule has 0 aliphatic heterocycles. The van der Waals surface area contributed by atoms with Crippen molar-refractivity contribution in [3.05, 3.63) is 28.8 Å². The van der Waals surface area contributed by atoms with Crippen molar-refractivity contribution in [1.29, 1.82) is 5.26 Å². The van der Waals surface area contributed by atoms with E-state index >= 15 is 0 Å². The number of hydrogen-bond donors (Lipinski definition) is 2. The molecule has 0 radical (unpaired) electrons. The number of nitrogens with two attached hydrogens (primary N) is 1. The van der Waals surface area contributed by atoms with Crippen LogP contribution in [0.25, 0.3) is 0 Å². The van der Waals surface area contributed by atoms with Gasteiger partial charge < -0.3 is 11.1 Å². The van der Waals surface area contributed by atoms with Crippen LogP contribution in [0.4, 0.5) is 5.69 Å². The first-order valence-corrected chi connectivity index (χ1v) is 6.19. The number of anilines is 1. The Kier molecular flexibility index (Phi) is 5.63. The lowest BCUT2D eigenvalue weighted by Crippen LogP contribution is -2.26. The topological polar surface area (TPSA) is 78.9 Å². The molecule has 5 heteroatoms. The number of carbonyl (C=O) groups is 1. The van der Waals surface area contributed by atoms with Crippen molar-refractivity contribution in [3.63, 3.8) is 0 Å². The van der Waals surface area contributed by atoms with E-state index in [0.29, 0.717) is 16.3 Å². The summed E-state index contributed by atoms with van der Waals surface area (Å²) in [5, 5.41) is 11.7. The number of rotatable bonds is 5. The molecule has 0 fully saturated rings. The van der Waals surface area contributed by atoms with Crippen molar-refractivity contribution in [2.24, 2.45) is 5.73 Å². The Morgan fingerprint density at radius 3 is 2.89 bits per heavy atom. The summed E-state index contributed by atoms with van der Waals surface area (Å²) in [4.78, 5) is 11.7. The van der Waals surface area contributed by atoms with Gasteiger partial charge in [-0.05, 0) is 24.6 Å². The lowest BCUT2D eigenvalue weighted by molar-refractivity contribution is -0.116. The number of nitriles is 1. The van der Waals surface area contributed by atoms with Crippen LogP contribution in [-0.2, 0) is 4.79 Å². The molecule has 1 aromatic carbocycles. The van der Waals surface area contributed by atoms with E-state index in [9.17, 15) is 4.79 Å². The summed E-state index contributed by atoms with van der Waals surface area (Å²) < 4.78 is 0. The zero-order valence-corrected chi connectivity index (χ0v) is 11.0. The SMILES string of the molecule is CCCC(N)CC(=O)Nc1ccc(C#N)cc1Cl. The molecule has 0 aliphatic rings. The molecule has 1 aromatic rings. The maximum absolute atomic E-state index is 11.7. The number of nitrogens with one attached hydrogen (secondary N) is 1. The highest BCUT2D eigenvalue weighted by Crippen LogP contribution is 2.23. The number of nitrogens with zero attached hydrogens (tertiary/aromatic N) is 1. The monoisotopic (exact) mass is 265 g/mol. The van der Waals surface area contributed by atoms with Gasteiger partial charge in [0.2, 0.25) is 5.91 Å². The maximum atomic E-state index is 11.7. The third-order valence-electron chi connectivity index (χ3n) is 2.48. The van der Waals surface area contributed by atoms with E-state index in [0.717, 1.165) is 12.8 Å². The Morgan fingerprint density at radius 2 is 2.33 bits per heavy atom. The first kappa shape index (κ1) is 14.5. The second kappa shape index (κ2) is 7.00. The average Bonchev–Trinajstić information content (AvgIpc) is 2.31. The third-order valence-corrected chi connectivity index (χ3v) is 2.79. The minimum Gasteiger partial charge on any atom is -0.327 e. The molecule has 1 amide bonds. The van der Waals surface area contributed by atoms with Crippen LogP contribution >= 0.6 is 11.6 Å². The molecule has 18 heavy (non-hydrogen) atoms. The molecule has 0 saturated carbocycles. The van der Waals surface area contributed by atoms with Crippen LogP contribution in [0.3, 0.4) is 0 Å². The largest absolute Gasteiger partial charge is 0.327 e. The van der Waals surface area contributed by atoms with Gasteiger partial charge in [0.15, 0.2) is 0 Å². The fourth-order valence-corrected chi connectivity index (χ4v) is 1.83. The maximum Gasteiger partial charge on any atom is 0.225 e. The van der Waals surface area contributed by atoms with Gasteiger partial charge in [0.25, 0.3) is 0 Å². The normalized spacial score (nSPS) is 11.7. The number of hydrogen-bond acceptors (Lipinski definition) is 3. The van der Waals surface area contributed by atoms with Gasteiger partial charge in [-0.1, -0.05) is 24.9 Å². The second-order valence-electron chi connectivity index (χ2n) is 4.11. The Morgan fingerprint density at radius 1 is 1.61 bits per heavy atom. The molecule has 3 N–H and O–H groups in total. The molecule has 0 heterocycles. The van der Waals surface area contributed by atoms with Gasteiger partial charge in [0, 0.05) is 12.5 Å². The lowest BCUT2D eigenvalue weighted by atomic mass is 10.1. The predicted octanol–water partition coefficient (Wildman–Crippen LogP) is 2.67. The van der Waals surface area contributed by atoms with E-state index < -0.39 is 0 Å². The Hall–Kier alpha value is -1.57. The number of benzene rings is 1. The molecular formula is C13H16ClN3O. The highest BCUT2D eigenvalue weighted by atomic mass is 35.5. The van der Waals surface area contributed by atoms with Gasteiger partial charge in [-0.2, -0.15) is 5.26 Å². The summed E-state index contributed by atoms with van der Waals surface area (Å²) in [7, 11) is 0. The fraction of sp³-hybridized carbons (Fsp3) is 0.385. The molecule has 96 valence electrons. The van der Waals surface area contributed by atoms with Crippen molar-refractivity contribution >= 4 is 23.2 Å². The van der Waals surface area contributed by atoms with E-state index in [2.05, 4.69) is 5.32 Å². The van der Waals surface area contributed by atoms with E-state index in [4.69, 9.17) is 22.6 Å². The van der Waals surface area contributed by atoms with Crippen LogP contribution in [-0.4, -0.2) is 11.9 Å². The van der Waals surface area contributed by atoms with E-state index in [1.807, 2.05) is 13.0 Å². The minimum atomic E-state index is -0.164. The first-order valence-electron chi connectivity index (χ1n) is 5.82. The zero-order valence-electron chi connectivity index (χ0n) is 10.2. The summed E-state index contributed by atoms with van der Waals surface area (Å²) in [5.74, 6) is -0.164. The molecule has 0 bridgehead atoms. The predicted molar refractivity (Wildman–Crippen MR) is 72.3 cm³/mol. The molecule has 1 unspecified atom stereocenters. The summed E-state index contributed by atoms with van der Waals surface area (Å²) in [6.07, 6.45) is 2.03. The van der Waals surface area contributed by atoms with Crippen LogP contribution in [0.5, 0.6) is 0 Å². The summed E-state index contributed by atoms with van der Waals surface area (Å²) in [6.45, 7) is 2.02. The molecule has 0 aliphatic carbocycles. The van der Waals surface area contributed by atoms with E-state index in [1.54, 1.807) is 12.1 Å². The number of carbonyl (C=O) groups excluding carboxylic acids is 1. The molecule has 1 atom stereocenters. The fourth-order valence-electron chi connectivity index (χ4n) is 1.60. The summed E-state index contributed by atoms with van der Waals surface area (Å²) in [6, 6.07) is 6.58. The van der Waals surface area contributed by atoms with Crippen LogP contribution in [0.1, 0.15) is 31.7 Å². The van der Waals surface area contributed by atoms with Crippen molar-refractivity contribution in [2.75, 3.05) is 5.32 Å². The molecule has 0 aromatic heterocycles.